The molecule has 0 fully saturated rings. The molecular weight excluding hydrogens is 432 g/mol. The Kier molecular flexibility index (Phi) is 6.23. The zero-order valence-corrected chi connectivity index (χ0v) is 18.8. The summed E-state index contributed by atoms with van der Waals surface area (Å²) < 4.78 is 34.2. The third kappa shape index (κ3) is 4.63. The van der Waals surface area contributed by atoms with Crippen molar-refractivity contribution in [2.75, 3.05) is 29.7 Å². The number of hydrogen-bond acceptors (Lipinski definition) is 7. The van der Waals surface area contributed by atoms with Gasteiger partial charge in [0.2, 0.25) is 11.9 Å². The molecule has 0 aliphatic carbocycles. The van der Waals surface area contributed by atoms with Gasteiger partial charge in [-0.25, -0.2) is 13.8 Å². The van der Waals surface area contributed by atoms with Gasteiger partial charge in [0.05, 0.1) is 24.5 Å². The minimum atomic E-state index is -0.522. The number of carbonyl (C=O) groups excluding carboxylic acids is 1. The summed E-state index contributed by atoms with van der Waals surface area (Å²) in [5.74, 6) is -0.169. The number of amides is 1. The molecule has 3 heterocycles. The van der Waals surface area contributed by atoms with E-state index in [9.17, 15) is 13.6 Å². The Hall–Kier alpha value is -3.60. The molecule has 0 bridgehead atoms. The van der Waals surface area contributed by atoms with E-state index >= 15 is 0 Å². The van der Waals surface area contributed by atoms with Crippen LogP contribution in [0.4, 0.5) is 26.2 Å². The number of benzene rings is 1. The summed E-state index contributed by atoms with van der Waals surface area (Å²) in [5, 5.41) is 10.3. The van der Waals surface area contributed by atoms with Crippen LogP contribution in [0.1, 0.15) is 23.7 Å². The summed E-state index contributed by atoms with van der Waals surface area (Å²) in [6, 6.07) is 2.82. The molecular formula is C22H25F2N7O2. The van der Waals surface area contributed by atoms with Gasteiger partial charge in [-0.15, -0.1) is 0 Å². The van der Waals surface area contributed by atoms with E-state index in [1.165, 1.54) is 4.68 Å². The van der Waals surface area contributed by atoms with Gasteiger partial charge in [-0.1, -0.05) is 0 Å². The van der Waals surface area contributed by atoms with Crippen LogP contribution in [0.25, 0.3) is 0 Å². The van der Waals surface area contributed by atoms with E-state index in [0.717, 1.165) is 23.8 Å². The Morgan fingerprint density at radius 1 is 1.30 bits per heavy atom. The van der Waals surface area contributed by atoms with Crippen molar-refractivity contribution in [2.45, 2.75) is 39.1 Å². The highest BCUT2D eigenvalue weighted by molar-refractivity contribution is 6.03. The van der Waals surface area contributed by atoms with Crippen molar-refractivity contribution in [1.82, 2.24) is 19.7 Å². The number of anilines is 3. The molecule has 0 spiro atoms. The molecule has 2 atom stereocenters. The predicted molar refractivity (Wildman–Crippen MR) is 119 cm³/mol. The SMILES string of the molecule is CO[C@H](C)[C@H]1C(=O)Nc2c(C)nc(NCc3cnn(Cc4cc(F)ccc4F)c3)nc2N1C. The number of aryl methyl sites for hydroxylation is 1. The average Bonchev–Trinajstić information content (AvgIpc) is 3.23. The molecule has 1 aliphatic heterocycles. The van der Waals surface area contributed by atoms with Crippen molar-refractivity contribution in [3.63, 3.8) is 0 Å². The summed E-state index contributed by atoms with van der Waals surface area (Å²) in [4.78, 5) is 23.3. The monoisotopic (exact) mass is 457 g/mol. The van der Waals surface area contributed by atoms with Crippen molar-refractivity contribution in [3.8, 4) is 0 Å². The molecule has 9 nitrogen and oxygen atoms in total. The maximum Gasteiger partial charge on any atom is 0.249 e. The van der Waals surface area contributed by atoms with E-state index in [-0.39, 0.29) is 24.1 Å². The first-order chi connectivity index (χ1) is 15.8. The van der Waals surface area contributed by atoms with Crippen LogP contribution < -0.4 is 15.5 Å². The van der Waals surface area contributed by atoms with Crippen LogP contribution in [0.5, 0.6) is 0 Å². The minimum Gasteiger partial charge on any atom is -0.379 e. The van der Waals surface area contributed by atoms with Gasteiger partial charge in [0.1, 0.15) is 23.4 Å². The minimum absolute atomic E-state index is 0.113. The summed E-state index contributed by atoms with van der Waals surface area (Å²) >= 11 is 0. The number of likely N-dealkylation sites (N-methyl/N-ethyl adjacent to an activating group) is 1. The number of fused-ring (bicyclic) bond motifs is 1. The molecule has 33 heavy (non-hydrogen) atoms. The Balaban J connectivity index is 1.48. The standard InChI is InChI=1S/C22H25F2N7O2/c1-12-18-20(30(3)19(13(2)33-4)21(32)28-18)29-22(27-12)25-8-14-9-26-31(10-14)11-15-7-16(23)5-6-17(15)24/h5-7,9-10,13,19H,8,11H2,1-4H3,(H,28,32)(H,25,27,29)/t13-,19+/m1/s1. The van der Waals surface area contributed by atoms with Gasteiger partial charge in [0, 0.05) is 38.0 Å². The maximum atomic E-state index is 13.9. The zero-order chi connectivity index (χ0) is 23.7. The quantitative estimate of drug-likeness (QED) is 0.563. The molecule has 174 valence electrons. The molecule has 0 unspecified atom stereocenters. The van der Waals surface area contributed by atoms with E-state index in [4.69, 9.17) is 4.74 Å². The fourth-order valence-electron chi connectivity index (χ4n) is 3.80. The van der Waals surface area contributed by atoms with Gasteiger partial charge in [-0.05, 0) is 32.0 Å². The number of halogens is 2. The lowest BCUT2D eigenvalue weighted by molar-refractivity contribution is -0.120. The number of nitrogens with one attached hydrogen (secondary N) is 2. The molecule has 1 aliphatic rings. The second-order valence-electron chi connectivity index (χ2n) is 7.95. The van der Waals surface area contributed by atoms with Crippen LogP contribution in [-0.2, 0) is 22.6 Å². The van der Waals surface area contributed by atoms with Gasteiger partial charge in [-0.2, -0.15) is 10.1 Å². The molecule has 0 saturated heterocycles. The molecule has 2 N–H and O–H groups in total. The normalized spacial score (nSPS) is 16.4. The van der Waals surface area contributed by atoms with Gasteiger partial charge in [0.15, 0.2) is 5.82 Å². The molecule has 3 aromatic rings. The highest BCUT2D eigenvalue weighted by Crippen LogP contribution is 2.33. The van der Waals surface area contributed by atoms with Crippen LogP contribution in [0, 0.1) is 18.6 Å². The molecule has 0 saturated carbocycles. The lowest BCUT2D eigenvalue weighted by Gasteiger charge is -2.37. The van der Waals surface area contributed by atoms with Crippen molar-refractivity contribution in [1.29, 1.82) is 0 Å². The number of carbonyl (C=O) groups is 1. The van der Waals surface area contributed by atoms with Crippen LogP contribution in [-0.4, -0.2) is 52.0 Å². The lowest BCUT2D eigenvalue weighted by Crippen LogP contribution is -2.53. The number of aromatic nitrogens is 4. The van der Waals surface area contributed by atoms with Gasteiger partial charge >= 0.3 is 0 Å². The van der Waals surface area contributed by atoms with E-state index in [1.807, 2.05) is 6.92 Å². The highest BCUT2D eigenvalue weighted by Gasteiger charge is 2.37. The van der Waals surface area contributed by atoms with Gasteiger partial charge < -0.3 is 20.3 Å². The van der Waals surface area contributed by atoms with E-state index in [2.05, 4.69) is 25.7 Å². The van der Waals surface area contributed by atoms with E-state index in [0.29, 0.717) is 29.7 Å². The first kappa shape index (κ1) is 22.6. The molecule has 0 radical (unpaired) electrons. The molecule has 1 aromatic carbocycles. The fraction of sp³-hybridized carbons (Fsp3) is 0.364. The Labute approximate surface area is 189 Å². The van der Waals surface area contributed by atoms with E-state index < -0.39 is 17.7 Å². The number of ether oxygens (including phenoxy) is 1. The number of methoxy groups -OCH3 is 1. The fourth-order valence-corrected chi connectivity index (χ4v) is 3.80. The summed E-state index contributed by atoms with van der Waals surface area (Å²) in [5.41, 5.74) is 2.23. The van der Waals surface area contributed by atoms with Crippen molar-refractivity contribution in [2.24, 2.45) is 0 Å². The summed E-state index contributed by atoms with van der Waals surface area (Å²) in [7, 11) is 3.35. The highest BCUT2D eigenvalue weighted by atomic mass is 19.1. The largest absolute Gasteiger partial charge is 0.379 e. The number of hydrogen-bond donors (Lipinski definition) is 2. The van der Waals surface area contributed by atoms with Gasteiger partial charge in [0.25, 0.3) is 0 Å². The Morgan fingerprint density at radius 2 is 2.09 bits per heavy atom. The average molecular weight is 457 g/mol. The van der Waals surface area contributed by atoms with Gasteiger partial charge in [-0.3, -0.25) is 9.48 Å². The maximum absolute atomic E-state index is 13.9. The van der Waals surface area contributed by atoms with Crippen molar-refractivity contribution in [3.05, 3.63) is 59.0 Å². The third-order valence-corrected chi connectivity index (χ3v) is 5.63. The lowest BCUT2D eigenvalue weighted by atomic mass is 10.1. The summed E-state index contributed by atoms with van der Waals surface area (Å²) in [6.07, 6.45) is 3.05. The smallest absolute Gasteiger partial charge is 0.249 e. The van der Waals surface area contributed by atoms with E-state index in [1.54, 1.807) is 38.4 Å². The first-order valence-electron chi connectivity index (χ1n) is 10.4. The molecule has 2 aromatic heterocycles. The van der Waals surface area contributed by atoms with Crippen LogP contribution >= 0.6 is 0 Å². The van der Waals surface area contributed by atoms with Crippen LogP contribution in [0.2, 0.25) is 0 Å². The zero-order valence-electron chi connectivity index (χ0n) is 18.8. The van der Waals surface area contributed by atoms with Crippen LogP contribution in [0.3, 0.4) is 0 Å². The second-order valence-corrected chi connectivity index (χ2v) is 7.95. The van der Waals surface area contributed by atoms with Crippen molar-refractivity contribution >= 4 is 23.4 Å². The summed E-state index contributed by atoms with van der Waals surface area (Å²) in [6.45, 7) is 4.11. The molecule has 4 rings (SSSR count). The van der Waals surface area contributed by atoms with Crippen molar-refractivity contribution < 1.29 is 18.3 Å². The molecule has 11 heteroatoms. The number of nitrogens with zero attached hydrogens (tertiary/aromatic N) is 5. The predicted octanol–water partition coefficient (Wildman–Crippen LogP) is 2.71. The topological polar surface area (TPSA) is 97.2 Å². The number of rotatable bonds is 7. The Bertz CT molecular complexity index is 1180. The molecule has 1 amide bonds. The third-order valence-electron chi connectivity index (χ3n) is 5.63. The Morgan fingerprint density at radius 3 is 2.85 bits per heavy atom. The second kappa shape index (κ2) is 9.10. The first-order valence-corrected chi connectivity index (χ1v) is 10.4. The van der Waals surface area contributed by atoms with Crippen LogP contribution in [0.15, 0.2) is 30.6 Å².